The van der Waals surface area contributed by atoms with Gasteiger partial charge in [-0.15, -0.1) is 11.3 Å². The summed E-state index contributed by atoms with van der Waals surface area (Å²) < 4.78 is 28.7. The predicted octanol–water partition coefficient (Wildman–Crippen LogP) is 4.61. The molecule has 4 rings (SSSR count). The second-order valence-corrected chi connectivity index (χ2v) is 12.1. The standard InChI is InChI=1S/C25H29ClN4O3S2/c1-17-16-34-24(29-17)12-21-10-11-30(15-21)35(32,33)23-5-3-4-22(26)25(23)28-14-20-8-6-19(7-9-20)13-27-18(2)31/h3-9,16,21,28H,10-15H2,1-2H3,(H,27,31). The zero-order valence-corrected chi connectivity index (χ0v) is 22.1. The summed E-state index contributed by atoms with van der Waals surface area (Å²) >= 11 is 8.08. The average molecular weight is 533 g/mol. The molecule has 10 heteroatoms. The Hall–Kier alpha value is -2.46. The molecule has 0 saturated carbocycles. The van der Waals surface area contributed by atoms with Crippen molar-refractivity contribution in [2.24, 2.45) is 5.92 Å². The topological polar surface area (TPSA) is 91.4 Å². The van der Waals surface area contributed by atoms with E-state index in [1.54, 1.807) is 33.8 Å². The molecular weight excluding hydrogens is 504 g/mol. The van der Waals surface area contributed by atoms with Crippen molar-refractivity contribution in [1.82, 2.24) is 14.6 Å². The molecule has 0 spiro atoms. The normalized spacial score (nSPS) is 16.4. The lowest BCUT2D eigenvalue weighted by Crippen LogP contribution is -2.30. The van der Waals surface area contributed by atoms with Crippen LogP contribution in [0.4, 0.5) is 5.69 Å². The van der Waals surface area contributed by atoms with Crippen molar-refractivity contribution in [3.8, 4) is 0 Å². The molecule has 2 aromatic carbocycles. The van der Waals surface area contributed by atoms with Gasteiger partial charge in [0.25, 0.3) is 0 Å². The molecule has 7 nitrogen and oxygen atoms in total. The van der Waals surface area contributed by atoms with Gasteiger partial charge in [0.1, 0.15) is 4.90 Å². The number of sulfonamides is 1. The van der Waals surface area contributed by atoms with Crippen LogP contribution >= 0.6 is 22.9 Å². The fourth-order valence-electron chi connectivity index (χ4n) is 4.15. The van der Waals surface area contributed by atoms with Gasteiger partial charge in [-0.2, -0.15) is 4.31 Å². The van der Waals surface area contributed by atoms with Crippen LogP contribution in [0, 0.1) is 12.8 Å². The number of aromatic nitrogens is 1. The van der Waals surface area contributed by atoms with E-state index in [-0.39, 0.29) is 16.7 Å². The number of rotatable bonds is 9. The molecule has 1 aromatic heterocycles. The molecular formula is C25H29ClN4O3S2. The maximum atomic E-state index is 13.6. The average Bonchev–Trinajstić information content (AvgIpc) is 3.47. The van der Waals surface area contributed by atoms with E-state index in [1.807, 2.05) is 36.6 Å². The van der Waals surface area contributed by atoms with Crippen molar-refractivity contribution in [1.29, 1.82) is 0 Å². The number of nitrogens with one attached hydrogen (secondary N) is 2. The predicted molar refractivity (Wildman–Crippen MR) is 140 cm³/mol. The highest BCUT2D eigenvalue weighted by molar-refractivity contribution is 7.89. The van der Waals surface area contributed by atoms with E-state index < -0.39 is 10.0 Å². The molecule has 2 heterocycles. The Bertz CT molecular complexity index is 1290. The van der Waals surface area contributed by atoms with Crippen molar-refractivity contribution in [3.63, 3.8) is 0 Å². The zero-order valence-electron chi connectivity index (χ0n) is 19.8. The molecule has 2 N–H and O–H groups in total. The van der Waals surface area contributed by atoms with Crippen LogP contribution in [-0.4, -0.2) is 36.7 Å². The minimum atomic E-state index is -3.71. The number of thiazole rings is 1. The lowest BCUT2D eigenvalue weighted by atomic mass is 10.1. The van der Waals surface area contributed by atoms with Crippen molar-refractivity contribution >= 4 is 44.6 Å². The Morgan fingerprint density at radius 1 is 1.17 bits per heavy atom. The zero-order chi connectivity index (χ0) is 25.0. The fourth-order valence-corrected chi connectivity index (χ4v) is 7.05. The largest absolute Gasteiger partial charge is 0.379 e. The molecule has 1 saturated heterocycles. The minimum Gasteiger partial charge on any atom is -0.379 e. The summed E-state index contributed by atoms with van der Waals surface area (Å²) in [5.74, 6) is 0.174. The lowest BCUT2D eigenvalue weighted by molar-refractivity contribution is -0.119. The van der Waals surface area contributed by atoms with E-state index in [9.17, 15) is 13.2 Å². The van der Waals surface area contributed by atoms with E-state index in [1.165, 1.54) is 6.92 Å². The number of benzene rings is 2. The van der Waals surface area contributed by atoms with Crippen molar-refractivity contribution in [2.75, 3.05) is 18.4 Å². The molecule has 1 atom stereocenters. The number of carbonyl (C=O) groups excluding carboxylic acids is 1. The van der Waals surface area contributed by atoms with E-state index in [0.29, 0.717) is 36.9 Å². The van der Waals surface area contributed by atoms with Crippen LogP contribution in [0.3, 0.4) is 0 Å². The van der Waals surface area contributed by atoms with Gasteiger partial charge in [0.05, 0.1) is 15.7 Å². The monoisotopic (exact) mass is 532 g/mol. The molecule has 35 heavy (non-hydrogen) atoms. The van der Waals surface area contributed by atoms with Gasteiger partial charge in [-0.3, -0.25) is 4.79 Å². The smallest absolute Gasteiger partial charge is 0.245 e. The van der Waals surface area contributed by atoms with E-state index in [2.05, 4.69) is 15.6 Å². The highest BCUT2D eigenvalue weighted by atomic mass is 35.5. The van der Waals surface area contributed by atoms with Crippen molar-refractivity contribution in [3.05, 3.63) is 74.7 Å². The summed E-state index contributed by atoms with van der Waals surface area (Å²) in [7, 11) is -3.71. The third kappa shape index (κ3) is 6.41. The fraction of sp³-hybridized carbons (Fsp3) is 0.360. The first-order chi connectivity index (χ1) is 16.7. The third-order valence-electron chi connectivity index (χ3n) is 6.01. The summed E-state index contributed by atoms with van der Waals surface area (Å²) in [6, 6.07) is 12.7. The first-order valence-electron chi connectivity index (χ1n) is 11.5. The number of hydrogen-bond acceptors (Lipinski definition) is 6. The van der Waals surface area contributed by atoms with Gasteiger partial charge in [0.15, 0.2) is 0 Å². The van der Waals surface area contributed by atoms with Gasteiger partial charge in [-0.1, -0.05) is 41.9 Å². The van der Waals surface area contributed by atoms with Crippen LogP contribution in [0.2, 0.25) is 5.02 Å². The molecule has 0 aliphatic carbocycles. The van der Waals surface area contributed by atoms with Crippen LogP contribution in [0.5, 0.6) is 0 Å². The second-order valence-electron chi connectivity index (χ2n) is 8.80. The van der Waals surface area contributed by atoms with Crippen molar-refractivity contribution in [2.45, 2.75) is 44.7 Å². The molecule has 1 fully saturated rings. The minimum absolute atomic E-state index is 0.0780. The van der Waals surface area contributed by atoms with Gasteiger partial charge in [0, 0.05) is 50.6 Å². The quantitative estimate of drug-likeness (QED) is 0.420. The molecule has 3 aromatic rings. The van der Waals surface area contributed by atoms with Gasteiger partial charge in [-0.25, -0.2) is 13.4 Å². The van der Waals surface area contributed by atoms with Crippen LogP contribution in [-0.2, 0) is 34.3 Å². The molecule has 186 valence electrons. The van der Waals surface area contributed by atoms with Crippen LogP contribution in [0.1, 0.15) is 35.2 Å². The van der Waals surface area contributed by atoms with Gasteiger partial charge in [0.2, 0.25) is 15.9 Å². The lowest BCUT2D eigenvalue weighted by Gasteiger charge is -2.20. The van der Waals surface area contributed by atoms with E-state index >= 15 is 0 Å². The van der Waals surface area contributed by atoms with Crippen LogP contribution in [0.15, 0.2) is 52.7 Å². The molecule has 1 aliphatic heterocycles. The molecule has 1 aliphatic rings. The number of aryl methyl sites for hydroxylation is 1. The Balaban J connectivity index is 1.45. The summed E-state index contributed by atoms with van der Waals surface area (Å²) in [4.78, 5) is 15.8. The number of anilines is 1. The number of halogens is 1. The first-order valence-corrected chi connectivity index (χ1v) is 14.2. The number of amides is 1. The highest BCUT2D eigenvalue weighted by Gasteiger charge is 2.34. The molecule has 0 radical (unpaired) electrons. The maximum Gasteiger partial charge on any atom is 0.245 e. The first kappa shape index (κ1) is 25.6. The Labute approximate surface area is 215 Å². The number of carbonyl (C=O) groups is 1. The Kier molecular flexibility index (Phi) is 8.11. The number of nitrogens with zero attached hydrogens (tertiary/aromatic N) is 2. The molecule has 1 unspecified atom stereocenters. The van der Waals surface area contributed by atoms with Crippen LogP contribution in [0.25, 0.3) is 0 Å². The van der Waals surface area contributed by atoms with Crippen molar-refractivity contribution < 1.29 is 13.2 Å². The summed E-state index contributed by atoms with van der Waals surface area (Å²) in [6.45, 7) is 5.30. The van der Waals surface area contributed by atoms with Gasteiger partial charge < -0.3 is 10.6 Å². The summed E-state index contributed by atoms with van der Waals surface area (Å²) in [5, 5.41) is 9.45. The summed E-state index contributed by atoms with van der Waals surface area (Å²) in [5.41, 5.74) is 3.38. The van der Waals surface area contributed by atoms with Gasteiger partial charge in [-0.05, 0) is 42.5 Å². The Morgan fingerprint density at radius 2 is 1.89 bits per heavy atom. The summed E-state index contributed by atoms with van der Waals surface area (Å²) in [6.07, 6.45) is 1.61. The van der Waals surface area contributed by atoms with E-state index in [4.69, 9.17) is 11.6 Å². The molecule has 1 amide bonds. The number of hydrogen-bond donors (Lipinski definition) is 2. The van der Waals surface area contributed by atoms with Gasteiger partial charge >= 0.3 is 0 Å². The van der Waals surface area contributed by atoms with Crippen LogP contribution < -0.4 is 10.6 Å². The number of para-hydroxylation sites is 1. The SMILES string of the molecule is CC(=O)NCc1ccc(CNc2c(Cl)cccc2S(=O)(=O)N2CCC(Cc3nc(C)cs3)C2)cc1. The maximum absolute atomic E-state index is 13.6. The molecule has 0 bridgehead atoms. The van der Waals surface area contributed by atoms with E-state index in [0.717, 1.165) is 34.7 Å². The Morgan fingerprint density at radius 3 is 2.54 bits per heavy atom. The third-order valence-corrected chi connectivity index (χ3v) is 9.22. The highest BCUT2D eigenvalue weighted by Crippen LogP contribution is 2.34. The second kappa shape index (κ2) is 11.1.